The van der Waals surface area contributed by atoms with Gasteiger partial charge < -0.3 is 20.4 Å². The van der Waals surface area contributed by atoms with Gasteiger partial charge in [0.1, 0.15) is 0 Å². The first-order valence-electron chi connectivity index (χ1n) is 11.1. The Hall–Kier alpha value is -4.26. The van der Waals surface area contributed by atoms with Gasteiger partial charge in [-0.25, -0.2) is 9.59 Å². The van der Waals surface area contributed by atoms with E-state index in [0.29, 0.717) is 5.56 Å². The van der Waals surface area contributed by atoms with Gasteiger partial charge in [0.2, 0.25) is 0 Å². The number of phenols is 2. The van der Waals surface area contributed by atoms with Crippen molar-refractivity contribution in [3.63, 3.8) is 0 Å². The lowest BCUT2D eigenvalue weighted by Gasteiger charge is -2.26. The summed E-state index contributed by atoms with van der Waals surface area (Å²) >= 11 is 0. The van der Waals surface area contributed by atoms with Crippen LogP contribution in [0.1, 0.15) is 27.8 Å². The van der Waals surface area contributed by atoms with Crippen LogP contribution in [-0.2, 0) is 41.5 Å². The lowest BCUT2D eigenvalue weighted by molar-refractivity contribution is -0.159. The number of carboxylic acid groups (broad SMARTS) is 2. The maximum absolute atomic E-state index is 13.5. The molecule has 0 spiro atoms. The number of alkyl halides is 6. The minimum Gasteiger partial charge on any atom is -0.504 e. The fourth-order valence-electron chi connectivity index (χ4n) is 3.58. The molecule has 0 unspecified atom stereocenters. The quantitative estimate of drug-likeness (QED) is 0.171. The Labute approximate surface area is 218 Å². The minimum absolute atomic E-state index is 0.0527. The molecule has 0 aliphatic heterocycles. The summed E-state index contributed by atoms with van der Waals surface area (Å²) in [6.45, 7) is -0.347. The van der Waals surface area contributed by atoms with Crippen LogP contribution in [0.25, 0.3) is 0 Å². The van der Waals surface area contributed by atoms with Crippen molar-refractivity contribution in [3.05, 3.63) is 94.5 Å². The number of carbonyl (C=O) groups is 2. The van der Waals surface area contributed by atoms with E-state index >= 15 is 0 Å². The number of benzene rings is 3. The molecule has 3 aromatic carbocycles. The summed E-state index contributed by atoms with van der Waals surface area (Å²) in [6, 6.07) is 14.0. The monoisotopic (exact) mass is 559 g/mol. The maximum Gasteiger partial charge on any atom is 0.416 e. The molecule has 0 atom stereocenters. The number of rotatable bonds is 7. The summed E-state index contributed by atoms with van der Waals surface area (Å²) in [5.74, 6) is -4.33. The van der Waals surface area contributed by atoms with Gasteiger partial charge >= 0.3 is 24.3 Å². The van der Waals surface area contributed by atoms with E-state index in [2.05, 4.69) is 0 Å². The van der Waals surface area contributed by atoms with Gasteiger partial charge in [-0.2, -0.15) is 26.3 Å². The van der Waals surface area contributed by atoms with Gasteiger partial charge in [-0.1, -0.05) is 42.5 Å². The second kappa shape index (κ2) is 13.0. The van der Waals surface area contributed by atoms with Crippen LogP contribution in [0.5, 0.6) is 11.5 Å². The smallest absolute Gasteiger partial charge is 0.416 e. The molecule has 7 nitrogen and oxygen atoms in total. The van der Waals surface area contributed by atoms with Gasteiger partial charge in [-0.15, -0.1) is 0 Å². The van der Waals surface area contributed by atoms with Gasteiger partial charge in [-0.05, 0) is 47.4 Å². The van der Waals surface area contributed by atoms with E-state index in [1.165, 1.54) is 59.5 Å². The van der Waals surface area contributed by atoms with Crippen molar-refractivity contribution >= 4 is 11.9 Å². The van der Waals surface area contributed by atoms with E-state index < -0.39 is 35.4 Å². The highest BCUT2D eigenvalue weighted by Gasteiger charge is 2.35. The second-order valence-electron chi connectivity index (χ2n) is 8.20. The fraction of sp³-hybridized carbons (Fsp3) is 0.231. The average molecular weight is 559 g/mol. The van der Waals surface area contributed by atoms with E-state index in [1.807, 2.05) is 0 Å². The topological polar surface area (TPSA) is 118 Å². The number of carboxylic acids is 2. The summed E-state index contributed by atoms with van der Waals surface area (Å²) in [7, 11) is 0. The molecule has 0 bridgehead atoms. The number of phenolic OH excluding ortho intramolecular Hbond substituents is 2. The van der Waals surface area contributed by atoms with Crippen LogP contribution in [0.3, 0.4) is 0 Å². The fourth-order valence-corrected chi connectivity index (χ4v) is 3.58. The number of halogens is 6. The van der Waals surface area contributed by atoms with Gasteiger partial charge in [0.25, 0.3) is 0 Å². The van der Waals surface area contributed by atoms with E-state index in [4.69, 9.17) is 19.8 Å². The van der Waals surface area contributed by atoms with Crippen molar-refractivity contribution in [3.8, 4) is 11.5 Å². The molecular weight excluding hydrogens is 536 g/mol. The molecule has 0 saturated carbocycles. The Kier molecular flexibility index (Phi) is 10.3. The maximum atomic E-state index is 13.5. The molecule has 0 amide bonds. The predicted octanol–water partition coefficient (Wildman–Crippen LogP) is 5.54. The van der Waals surface area contributed by atoms with Crippen LogP contribution in [0.2, 0.25) is 0 Å². The zero-order valence-electron chi connectivity index (χ0n) is 20.0. The van der Waals surface area contributed by atoms with Crippen molar-refractivity contribution in [2.24, 2.45) is 0 Å². The van der Waals surface area contributed by atoms with Gasteiger partial charge in [0.05, 0.1) is 11.1 Å². The zero-order valence-corrected chi connectivity index (χ0v) is 20.0. The highest BCUT2D eigenvalue weighted by molar-refractivity contribution is 6.27. The minimum atomic E-state index is -4.60. The number of nitrogens with zero attached hydrogens (tertiary/aromatic N) is 1. The van der Waals surface area contributed by atoms with Crippen LogP contribution in [-0.4, -0.2) is 43.8 Å². The molecule has 3 aromatic rings. The lowest BCUT2D eigenvalue weighted by Crippen LogP contribution is -2.28. The van der Waals surface area contributed by atoms with Crippen LogP contribution in [0, 0.1) is 0 Å². The zero-order chi connectivity index (χ0) is 29.4. The molecule has 0 fully saturated rings. The molecule has 3 rings (SSSR count). The summed E-state index contributed by atoms with van der Waals surface area (Å²) in [4.78, 5) is 19.7. The summed E-state index contributed by atoms with van der Waals surface area (Å²) < 4.78 is 80.8. The third kappa shape index (κ3) is 9.52. The normalized spacial score (nSPS) is 11.6. The summed E-state index contributed by atoms with van der Waals surface area (Å²) in [5, 5.41) is 33.9. The highest BCUT2D eigenvalue weighted by Crippen LogP contribution is 2.35. The van der Waals surface area contributed by atoms with Crippen molar-refractivity contribution < 1.29 is 56.4 Å². The molecule has 0 radical (unpaired) electrons. The predicted molar refractivity (Wildman–Crippen MR) is 126 cm³/mol. The van der Waals surface area contributed by atoms with E-state index in [0.717, 1.165) is 12.1 Å². The SMILES string of the molecule is O=C(O)C(=O)O.Oc1ccc(CCN(Cc2ccccc2C(F)(F)F)Cc2ccccc2C(F)(F)F)cc1O. The van der Waals surface area contributed by atoms with Crippen LogP contribution in [0.4, 0.5) is 26.3 Å². The van der Waals surface area contributed by atoms with E-state index in [-0.39, 0.29) is 48.7 Å². The van der Waals surface area contributed by atoms with E-state index in [1.54, 1.807) is 0 Å². The Morgan fingerprint density at radius 1 is 0.667 bits per heavy atom. The third-order valence-electron chi connectivity index (χ3n) is 5.37. The average Bonchev–Trinajstić information content (AvgIpc) is 2.84. The Morgan fingerprint density at radius 2 is 1.10 bits per heavy atom. The first kappa shape index (κ1) is 31.0. The molecule has 39 heavy (non-hydrogen) atoms. The number of hydrogen-bond donors (Lipinski definition) is 4. The largest absolute Gasteiger partial charge is 0.504 e. The Bertz CT molecular complexity index is 1220. The molecule has 4 N–H and O–H groups in total. The number of aliphatic carboxylic acids is 2. The molecular formula is C26H23F6NO6. The molecule has 0 aromatic heterocycles. The molecule has 0 aliphatic rings. The number of aromatic hydroxyl groups is 2. The van der Waals surface area contributed by atoms with Crippen molar-refractivity contribution in [1.29, 1.82) is 0 Å². The summed E-state index contributed by atoms with van der Waals surface area (Å²) in [6.07, 6.45) is -8.97. The first-order chi connectivity index (χ1) is 18.1. The molecule has 0 heterocycles. The van der Waals surface area contributed by atoms with E-state index in [9.17, 15) is 36.6 Å². The van der Waals surface area contributed by atoms with Crippen LogP contribution in [0.15, 0.2) is 66.7 Å². The summed E-state index contributed by atoms with van der Waals surface area (Å²) in [5.41, 5.74) is -1.22. The van der Waals surface area contributed by atoms with Gasteiger partial charge in [0.15, 0.2) is 11.5 Å². The molecule has 0 aliphatic carbocycles. The standard InChI is InChI=1S/C24H21F6NO2.C2H2O4/c25-23(26,27)19-7-3-1-5-17(19)14-31(12-11-16-9-10-21(32)22(33)13-16)15-18-6-2-4-8-20(18)24(28,29)30;3-1(4)2(5)6/h1-10,13,32-33H,11-12,14-15H2;(H,3,4)(H,5,6). The van der Waals surface area contributed by atoms with Gasteiger partial charge in [-0.3, -0.25) is 4.90 Å². The third-order valence-corrected chi connectivity index (χ3v) is 5.37. The molecule has 13 heteroatoms. The van der Waals surface area contributed by atoms with Gasteiger partial charge in [0, 0.05) is 19.6 Å². The lowest BCUT2D eigenvalue weighted by atomic mass is 10.0. The Balaban J connectivity index is 0.000000798. The van der Waals surface area contributed by atoms with Crippen molar-refractivity contribution in [1.82, 2.24) is 4.90 Å². The molecule has 0 saturated heterocycles. The van der Waals surface area contributed by atoms with Crippen molar-refractivity contribution in [2.45, 2.75) is 31.9 Å². The first-order valence-corrected chi connectivity index (χ1v) is 11.1. The second-order valence-corrected chi connectivity index (χ2v) is 8.20. The number of hydrogen-bond acceptors (Lipinski definition) is 5. The van der Waals surface area contributed by atoms with Crippen LogP contribution >= 0.6 is 0 Å². The molecule has 210 valence electrons. The van der Waals surface area contributed by atoms with Crippen LogP contribution < -0.4 is 0 Å². The highest BCUT2D eigenvalue weighted by atomic mass is 19.4. The Morgan fingerprint density at radius 3 is 1.49 bits per heavy atom. The van der Waals surface area contributed by atoms with Crippen molar-refractivity contribution in [2.75, 3.05) is 6.54 Å².